The molecule has 0 aliphatic heterocycles. The van der Waals surface area contributed by atoms with Gasteiger partial charge in [-0.2, -0.15) is 0 Å². The molecule has 0 aliphatic rings. The Labute approximate surface area is 235 Å². The Kier molecular flexibility index (Phi) is 8.30. The van der Waals surface area contributed by atoms with Gasteiger partial charge < -0.3 is 15.1 Å². The highest BCUT2D eigenvalue weighted by Gasteiger charge is 2.19. The van der Waals surface area contributed by atoms with Crippen LogP contribution in [0, 0.1) is 0 Å². The lowest BCUT2D eigenvalue weighted by molar-refractivity contribution is -0.116. The lowest BCUT2D eigenvalue weighted by atomic mass is 10.1. The first-order chi connectivity index (χ1) is 19.0. The van der Waals surface area contributed by atoms with Crippen molar-refractivity contribution in [2.45, 2.75) is 29.9 Å². The maximum absolute atomic E-state index is 13.1. The summed E-state index contributed by atoms with van der Waals surface area (Å²) in [6.45, 7) is 1.98. The Balaban J connectivity index is 1.19. The summed E-state index contributed by atoms with van der Waals surface area (Å²) >= 11 is 7.38. The average Bonchev–Trinajstić information content (AvgIpc) is 3.38. The lowest BCUT2D eigenvalue weighted by Gasteiger charge is -2.15. The van der Waals surface area contributed by atoms with E-state index in [4.69, 9.17) is 16.0 Å². The van der Waals surface area contributed by atoms with Gasteiger partial charge in [0.1, 0.15) is 5.52 Å². The highest BCUT2D eigenvalue weighted by Crippen LogP contribution is 2.29. The van der Waals surface area contributed by atoms with Gasteiger partial charge in [-0.15, -0.1) is 11.8 Å². The number of halogens is 1. The number of fused-ring (bicyclic) bond motifs is 1. The summed E-state index contributed by atoms with van der Waals surface area (Å²) in [7, 11) is 0. The second-order valence-electron chi connectivity index (χ2n) is 8.95. The topological polar surface area (TPSA) is 84.2 Å². The van der Waals surface area contributed by atoms with E-state index >= 15 is 0 Å². The van der Waals surface area contributed by atoms with Crippen LogP contribution in [0.2, 0.25) is 5.02 Å². The fraction of sp³-hybridized carbons (Fsp3) is 0.129. The van der Waals surface area contributed by atoms with Gasteiger partial charge in [0, 0.05) is 26.9 Å². The Hall–Kier alpha value is -4.07. The summed E-state index contributed by atoms with van der Waals surface area (Å²) in [6, 6.07) is 29.8. The zero-order valence-corrected chi connectivity index (χ0v) is 22.8. The molecule has 0 spiro atoms. The van der Waals surface area contributed by atoms with Crippen LogP contribution >= 0.6 is 23.4 Å². The van der Waals surface area contributed by atoms with Crippen molar-refractivity contribution in [2.75, 3.05) is 10.6 Å². The smallest absolute Gasteiger partial charge is 0.237 e. The van der Waals surface area contributed by atoms with Crippen LogP contribution in [0.4, 0.5) is 11.4 Å². The molecule has 5 rings (SSSR count). The molecule has 0 aliphatic carbocycles. The maximum atomic E-state index is 13.1. The third-order valence-electron chi connectivity index (χ3n) is 6.03. The van der Waals surface area contributed by atoms with Crippen molar-refractivity contribution in [1.29, 1.82) is 0 Å². The van der Waals surface area contributed by atoms with Crippen molar-refractivity contribution >= 4 is 57.7 Å². The van der Waals surface area contributed by atoms with Crippen LogP contribution in [-0.4, -0.2) is 22.0 Å². The van der Waals surface area contributed by atoms with Crippen molar-refractivity contribution < 1.29 is 14.0 Å². The monoisotopic (exact) mass is 555 g/mol. The molecule has 0 fully saturated rings. The number of nitrogens with zero attached hydrogens (tertiary/aromatic N) is 1. The number of oxazole rings is 1. The number of para-hydroxylation sites is 2. The molecule has 1 heterocycles. The number of hydrogen-bond acceptors (Lipinski definition) is 5. The molecule has 39 heavy (non-hydrogen) atoms. The molecule has 1 unspecified atom stereocenters. The SMILES string of the molecule is CCC(Sc1cccc(NC(=O)Cc2ccc(Cl)cc2)c1)C(=O)Nc1ccc(-c2nc3ccccc3o2)cc1. The van der Waals surface area contributed by atoms with Crippen molar-refractivity contribution in [3.05, 3.63) is 108 Å². The van der Waals surface area contributed by atoms with Crippen molar-refractivity contribution in [3.8, 4) is 11.5 Å². The Morgan fingerprint density at radius 1 is 0.897 bits per heavy atom. The summed E-state index contributed by atoms with van der Waals surface area (Å²) in [6.07, 6.45) is 0.893. The third kappa shape index (κ3) is 6.88. The molecule has 196 valence electrons. The number of rotatable bonds is 9. The van der Waals surface area contributed by atoms with E-state index in [1.54, 1.807) is 12.1 Å². The van der Waals surface area contributed by atoms with Crippen LogP contribution in [0.3, 0.4) is 0 Å². The number of aromatic nitrogens is 1. The molecule has 0 radical (unpaired) electrons. The first-order valence-electron chi connectivity index (χ1n) is 12.5. The summed E-state index contributed by atoms with van der Waals surface area (Å²) < 4.78 is 5.83. The van der Waals surface area contributed by atoms with Crippen molar-refractivity contribution in [2.24, 2.45) is 0 Å². The predicted molar refractivity (Wildman–Crippen MR) is 158 cm³/mol. The van der Waals surface area contributed by atoms with Gasteiger partial charge in [-0.05, 0) is 78.7 Å². The zero-order chi connectivity index (χ0) is 27.2. The summed E-state index contributed by atoms with van der Waals surface area (Å²) in [4.78, 5) is 31.0. The largest absolute Gasteiger partial charge is 0.436 e. The van der Waals surface area contributed by atoms with Crippen LogP contribution < -0.4 is 10.6 Å². The van der Waals surface area contributed by atoms with Gasteiger partial charge in [0.05, 0.1) is 11.7 Å². The van der Waals surface area contributed by atoms with E-state index in [2.05, 4.69) is 15.6 Å². The minimum atomic E-state index is -0.304. The Morgan fingerprint density at radius 2 is 1.67 bits per heavy atom. The number of nitrogens with one attached hydrogen (secondary N) is 2. The first kappa shape index (κ1) is 26.5. The lowest BCUT2D eigenvalue weighted by Crippen LogP contribution is -2.24. The van der Waals surface area contributed by atoms with Gasteiger partial charge in [0.2, 0.25) is 17.7 Å². The van der Waals surface area contributed by atoms with E-state index in [0.29, 0.717) is 28.7 Å². The standard InChI is InChI=1S/C31H26ClN3O3S/c1-2-28(39-25-7-5-6-24(19-25)33-29(36)18-20-10-14-22(32)15-11-20)30(37)34-23-16-12-21(13-17-23)31-35-26-8-3-4-9-27(26)38-31/h3-17,19,28H,2,18H2,1H3,(H,33,36)(H,34,37). The Bertz CT molecular complexity index is 1570. The number of amides is 2. The van der Waals surface area contributed by atoms with E-state index in [1.165, 1.54) is 11.8 Å². The zero-order valence-electron chi connectivity index (χ0n) is 21.2. The minimum absolute atomic E-state index is 0.0886. The molecule has 8 heteroatoms. The molecular formula is C31H26ClN3O3S. The normalized spacial score (nSPS) is 11.7. The highest BCUT2D eigenvalue weighted by atomic mass is 35.5. The molecule has 2 N–H and O–H groups in total. The molecule has 5 aromatic rings. The van der Waals surface area contributed by atoms with Gasteiger partial charge in [0.25, 0.3) is 0 Å². The predicted octanol–water partition coefficient (Wildman–Crippen LogP) is 7.84. The fourth-order valence-corrected chi connectivity index (χ4v) is 5.18. The highest BCUT2D eigenvalue weighted by molar-refractivity contribution is 8.00. The molecular weight excluding hydrogens is 530 g/mol. The number of hydrogen-bond donors (Lipinski definition) is 2. The van der Waals surface area contributed by atoms with Crippen LogP contribution in [-0.2, 0) is 16.0 Å². The molecule has 1 atom stereocenters. The molecule has 0 saturated carbocycles. The third-order valence-corrected chi connectivity index (χ3v) is 7.64. The molecule has 0 bridgehead atoms. The van der Waals surface area contributed by atoms with Crippen LogP contribution in [0.1, 0.15) is 18.9 Å². The first-order valence-corrected chi connectivity index (χ1v) is 13.8. The molecule has 4 aromatic carbocycles. The van der Waals surface area contributed by atoms with Gasteiger partial charge in [-0.3, -0.25) is 9.59 Å². The summed E-state index contributed by atoms with van der Waals surface area (Å²) in [5, 5.41) is 6.27. The molecule has 2 amide bonds. The van der Waals surface area contributed by atoms with Gasteiger partial charge in [0.15, 0.2) is 5.58 Å². The molecule has 6 nitrogen and oxygen atoms in total. The molecule has 0 saturated heterocycles. The van der Waals surface area contributed by atoms with E-state index in [9.17, 15) is 9.59 Å². The fourth-order valence-electron chi connectivity index (χ4n) is 4.04. The van der Waals surface area contributed by atoms with Gasteiger partial charge >= 0.3 is 0 Å². The maximum Gasteiger partial charge on any atom is 0.237 e. The Morgan fingerprint density at radius 3 is 2.41 bits per heavy atom. The van der Waals surface area contributed by atoms with E-state index < -0.39 is 0 Å². The van der Waals surface area contributed by atoms with Crippen LogP contribution in [0.15, 0.2) is 106 Å². The summed E-state index contributed by atoms with van der Waals surface area (Å²) in [5.41, 5.74) is 4.63. The number of anilines is 2. The van der Waals surface area contributed by atoms with Gasteiger partial charge in [-0.1, -0.05) is 48.9 Å². The molecule has 1 aromatic heterocycles. The number of carbonyl (C=O) groups is 2. The minimum Gasteiger partial charge on any atom is -0.436 e. The summed E-state index contributed by atoms with van der Waals surface area (Å²) in [5.74, 6) is 0.330. The second-order valence-corrected chi connectivity index (χ2v) is 10.7. The van der Waals surface area contributed by atoms with E-state index in [1.807, 2.05) is 91.9 Å². The van der Waals surface area contributed by atoms with E-state index in [-0.39, 0.29) is 23.5 Å². The quantitative estimate of drug-likeness (QED) is 0.181. The van der Waals surface area contributed by atoms with Crippen molar-refractivity contribution in [1.82, 2.24) is 4.98 Å². The van der Waals surface area contributed by atoms with E-state index in [0.717, 1.165) is 27.1 Å². The van der Waals surface area contributed by atoms with Crippen molar-refractivity contribution in [3.63, 3.8) is 0 Å². The average molecular weight is 556 g/mol. The van der Waals surface area contributed by atoms with Crippen LogP contribution in [0.25, 0.3) is 22.6 Å². The number of thioether (sulfide) groups is 1. The number of benzene rings is 4. The van der Waals surface area contributed by atoms with Gasteiger partial charge in [-0.25, -0.2) is 4.98 Å². The second kappa shape index (κ2) is 12.2. The number of carbonyl (C=O) groups excluding carboxylic acids is 2. The van der Waals surface area contributed by atoms with Crippen LogP contribution in [0.5, 0.6) is 0 Å².